The minimum atomic E-state index is -0.607. The summed E-state index contributed by atoms with van der Waals surface area (Å²) < 4.78 is 0. The molecule has 2 aliphatic carbocycles. The third kappa shape index (κ3) is 2.40. The average Bonchev–Trinajstić information content (AvgIpc) is 2.55. The lowest BCUT2D eigenvalue weighted by Gasteiger charge is -2.45. The van der Waals surface area contributed by atoms with Crippen molar-refractivity contribution >= 4 is 11.9 Å². The minimum absolute atomic E-state index is 0.0939. The molecular weight excluding hydrogens is 308 g/mol. The van der Waals surface area contributed by atoms with Gasteiger partial charge in [0.2, 0.25) is 5.75 Å². The molecule has 0 heterocycles. The number of Topliss-reactive ketones (excluding diaryl/α,β-unsaturated/α-hetero) is 1. The first kappa shape index (κ1) is 16.6. The Morgan fingerprint density at radius 3 is 2.62 bits per heavy atom. The first-order chi connectivity index (χ1) is 11.3. The number of ketones is 1. The van der Waals surface area contributed by atoms with E-state index in [1.54, 1.807) is 6.92 Å². The Hall–Kier alpha value is -2.27. The van der Waals surface area contributed by atoms with Crippen molar-refractivity contribution in [2.45, 2.75) is 45.6 Å². The number of fused-ring (bicyclic) bond motifs is 1. The summed E-state index contributed by atoms with van der Waals surface area (Å²) in [6.45, 7) is 3.76. The standard InChI is InChI=1S/C19H22O5/c1-10-13-4-3-5-15(21)19(13,2)9-12(16(10)22)8-11-6-7-14(20)18(24)17(11)23/h6-8,15,20-21,23-24H,3-5,9H2,1-2H3/b12-8+/t15-,19-/m0/s1. The first-order valence-electron chi connectivity index (χ1n) is 8.13. The van der Waals surface area contributed by atoms with Gasteiger partial charge in [-0.2, -0.15) is 0 Å². The lowest BCUT2D eigenvalue weighted by atomic mass is 9.61. The number of phenolic OH excluding ortho intramolecular Hbond substituents is 3. The van der Waals surface area contributed by atoms with Crippen LogP contribution in [0, 0.1) is 5.41 Å². The van der Waals surface area contributed by atoms with Gasteiger partial charge in [-0.05, 0) is 56.4 Å². The van der Waals surface area contributed by atoms with Crippen molar-refractivity contribution < 1.29 is 25.2 Å². The highest BCUT2D eigenvalue weighted by Gasteiger charge is 2.45. The van der Waals surface area contributed by atoms with Crippen LogP contribution in [-0.4, -0.2) is 32.3 Å². The summed E-state index contributed by atoms with van der Waals surface area (Å²) >= 11 is 0. The number of carbonyl (C=O) groups excluding carboxylic acids is 1. The van der Waals surface area contributed by atoms with Crippen LogP contribution in [0.2, 0.25) is 0 Å². The summed E-state index contributed by atoms with van der Waals surface area (Å²) in [5, 5.41) is 39.5. The van der Waals surface area contributed by atoms with Gasteiger partial charge in [0.25, 0.3) is 0 Å². The van der Waals surface area contributed by atoms with E-state index in [0.717, 1.165) is 18.4 Å². The Kier molecular flexibility index (Phi) is 3.92. The van der Waals surface area contributed by atoms with Crippen LogP contribution >= 0.6 is 0 Å². The number of aliphatic hydroxyl groups excluding tert-OH is 1. The molecule has 5 nitrogen and oxygen atoms in total. The zero-order valence-corrected chi connectivity index (χ0v) is 13.8. The van der Waals surface area contributed by atoms with Gasteiger partial charge in [-0.15, -0.1) is 0 Å². The highest BCUT2D eigenvalue weighted by Crippen LogP contribution is 2.50. The predicted octanol–water partition coefficient (Wildman–Crippen LogP) is 3.03. The SMILES string of the molecule is CC1=C2CCC[C@H](O)[C@@]2(C)C/C(=C\c2ccc(O)c(O)c2O)C1=O. The molecule has 0 saturated heterocycles. The molecule has 1 aromatic rings. The van der Waals surface area contributed by atoms with Gasteiger partial charge in [0.1, 0.15) is 0 Å². The van der Waals surface area contributed by atoms with Gasteiger partial charge in [-0.25, -0.2) is 0 Å². The van der Waals surface area contributed by atoms with E-state index in [1.807, 2.05) is 6.92 Å². The van der Waals surface area contributed by atoms with Crippen molar-refractivity contribution in [2.24, 2.45) is 5.41 Å². The van der Waals surface area contributed by atoms with Crippen LogP contribution < -0.4 is 0 Å². The zero-order chi connectivity index (χ0) is 17.6. The van der Waals surface area contributed by atoms with Crippen molar-refractivity contribution in [3.05, 3.63) is 34.4 Å². The smallest absolute Gasteiger partial charge is 0.200 e. The van der Waals surface area contributed by atoms with E-state index in [0.29, 0.717) is 24.0 Å². The van der Waals surface area contributed by atoms with Gasteiger partial charge in [-0.3, -0.25) is 4.79 Å². The molecule has 5 heteroatoms. The summed E-state index contributed by atoms with van der Waals surface area (Å²) in [5.41, 5.74) is 1.97. The third-order valence-electron chi connectivity index (χ3n) is 5.46. The molecule has 24 heavy (non-hydrogen) atoms. The maximum atomic E-state index is 12.7. The number of hydrogen-bond acceptors (Lipinski definition) is 5. The second-order valence-electron chi connectivity index (χ2n) is 6.98. The number of rotatable bonds is 1. The molecule has 0 unspecified atom stereocenters. The molecule has 128 valence electrons. The molecule has 2 atom stereocenters. The quantitative estimate of drug-likeness (QED) is 0.469. The van der Waals surface area contributed by atoms with Crippen LogP contribution in [0.15, 0.2) is 28.9 Å². The number of allylic oxidation sites excluding steroid dienone is 2. The van der Waals surface area contributed by atoms with Crippen molar-refractivity contribution in [3.8, 4) is 17.2 Å². The highest BCUT2D eigenvalue weighted by atomic mass is 16.3. The molecule has 0 aromatic heterocycles. The Morgan fingerprint density at radius 2 is 1.92 bits per heavy atom. The predicted molar refractivity (Wildman–Crippen MR) is 89.7 cm³/mol. The molecular formula is C19H22O5. The zero-order valence-electron chi connectivity index (χ0n) is 13.8. The topological polar surface area (TPSA) is 98.0 Å². The van der Waals surface area contributed by atoms with Gasteiger partial charge in [0, 0.05) is 16.6 Å². The van der Waals surface area contributed by atoms with Crippen LogP contribution in [0.1, 0.15) is 45.1 Å². The number of aliphatic hydroxyl groups is 1. The Labute approximate surface area is 140 Å². The molecule has 4 N–H and O–H groups in total. The van der Waals surface area contributed by atoms with Crippen LogP contribution in [0.3, 0.4) is 0 Å². The highest BCUT2D eigenvalue weighted by molar-refractivity contribution is 6.12. The van der Waals surface area contributed by atoms with Crippen molar-refractivity contribution in [2.75, 3.05) is 0 Å². The van der Waals surface area contributed by atoms with Crippen molar-refractivity contribution in [1.29, 1.82) is 0 Å². The van der Waals surface area contributed by atoms with Crippen LogP contribution in [0.25, 0.3) is 6.08 Å². The van der Waals surface area contributed by atoms with Gasteiger partial charge < -0.3 is 20.4 Å². The van der Waals surface area contributed by atoms with Crippen molar-refractivity contribution in [3.63, 3.8) is 0 Å². The maximum Gasteiger partial charge on any atom is 0.200 e. The lowest BCUT2D eigenvalue weighted by molar-refractivity contribution is -0.113. The minimum Gasteiger partial charge on any atom is -0.504 e. The summed E-state index contributed by atoms with van der Waals surface area (Å²) in [6.07, 6.45) is 3.82. The Balaban J connectivity index is 2.09. The molecule has 0 amide bonds. The summed E-state index contributed by atoms with van der Waals surface area (Å²) in [5.74, 6) is -1.58. The van der Waals surface area contributed by atoms with Gasteiger partial charge >= 0.3 is 0 Å². The third-order valence-corrected chi connectivity index (χ3v) is 5.46. The van der Waals surface area contributed by atoms with E-state index < -0.39 is 28.8 Å². The Bertz CT molecular complexity index is 774. The number of hydrogen-bond donors (Lipinski definition) is 4. The largest absolute Gasteiger partial charge is 0.504 e. The van der Waals surface area contributed by atoms with E-state index in [4.69, 9.17) is 0 Å². The molecule has 0 spiro atoms. The molecule has 1 aromatic carbocycles. The van der Waals surface area contributed by atoms with E-state index >= 15 is 0 Å². The fraction of sp³-hybridized carbons (Fsp3) is 0.421. The average molecular weight is 330 g/mol. The second kappa shape index (κ2) is 5.67. The van der Waals surface area contributed by atoms with E-state index in [1.165, 1.54) is 18.2 Å². The Morgan fingerprint density at radius 1 is 1.21 bits per heavy atom. The van der Waals surface area contributed by atoms with E-state index in [-0.39, 0.29) is 11.3 Å². The fourth-order valence-electron chi connectivity index (χ4n) is 3.98. The lowest BCUT2D eigenvalue weighted by Crippen LogP contribution is -2.42. The first-order valence-corrected chi connectivity index (χ1v) is 8.13. The van der Waals surface area contributed by atoms with E-state index in [2.05, 4.69) is 0 Å². The number of phenols is 3. The molecule has 0 aliphatic heterocycles. The molecule has 0 bridgehead atoms. The normalized spacial score (nSPS) is 29.0. The monoisotopic (exact) mass is 330 g/mol. The van der Waals surface area contributed by atoms with Crippen LogP contribution in [0.4, 0.5) is 0 Å². The maximum absolute atomic E-state index is 12.7. The van der Waals surface area contributed by atoms with E-state index in [9.17, 15) is 25.2 Å². The fourth-order valence-corrected chi connectivity index (χ4v) is 3.98. The molecule has 1 fully saturated rings. The molecule has 2 aliphatic rings. The number of benzene rings is 1. The second-order valence-corrected chi connectivity index (χ2v) is 6.98. The van der Waals surface area contributed by atoms with Crippen molar-refractivity contribution in [1.82, 2.24) is 0 Å². The summed E-state index contributed by atoms with van der Waals surface area (Å²) in [6, 6.07) is 2.71. The van der Waals surface area contributed by atoms with Crippen LogP contribution in [-0.2, 0) is 4.79 Å². The van der Waals surface area contributed by atoms with Gasteiger partial charge in [0.05, 0.1) is 6.10 Å². The van der Waals surface area contributed by atoms with Crippen LogP contribution in [0.5, 0.6) is 17.2 Å². The summed E-state index contributed by atoms with van der Waals surface area (Å²) in [4.78, 5) is 12.7. The molecule has 3 rings (SSSR count). The summed E-state index contributed by atoms with van der Waals surface area (Å²) in [7, 11) is 0. The number of carbonyl (C=O) groups is 1. The van der Waals surface area contributed by atoms with Gasteiger partial charge in [0.15, 0.2) is 17.3 Å². The number of aromatic hydroxyl groups is 3. The van der Waals surface area contributed by atoms with Gasteiger partial charge in [-0.1, -0.05) is 12.5 Å². The molecule has 0 radical (unpaired) electrons. The molecule has 1 saturated carbocycles.